The Balaban J connectivity index is 1.69. The number of anilines is 1. The maximum atomic E-state index is 12.5. The quantitative estimate of drug-likeness (QED) is 0.147. The summed E-state index contributed by atoms with van der Waals surface area (Å²) in [4.78, 5) is 19.1. The van der Waals surface area contributed by atoms with E-state index in [0.717, 1.165) is 33.8 Å². The normalized spacial score (nSPS) is 11.6. The van der Waals surface area contributed by atoms with E-state index in [9.17, 15) is 10.1 Å². The van der Waals surface area contributed by atoms with Crippen LogP contribution in [0.15, 0.2) is 23.8 Å². The summed E-state index contributed by atoms with van der Waals surface area (Å²) in [6.45, 7) is 2.26. The van der Waals surface area contributed by atoms with E-state index < -0.39 is 0 Å². The number of nitriles is 1. The molecule has 1 aromatic heterocycles. The first-order chi connectivity index (χ1) is 15.5. The van der Waals surface area contributed by atoms with Crippen LogP contribution in [0.2, 0.25) is 0 Å². The van der Waals surface area contributed by atoms with E-state index in [1.54, 1.807) is 6.08 Å². The van der Waals surface area contributed by atoms with E-state index in [1.807, 2.05) is 31.1 Å². The summed E-state index contributed by atoms with van der Waals surface area (Å²) in [5.74, 6) is -0.0622. The zero-order chi connectivity index (χ0) is 23.2. The van der Waals surface area contributed by atoms with Crippen LogP contribution in [0, 0.1) is 11.3 Å². The van der Waals surface area contributed by atoms with Gasteiger partial charge in [-0.15, -0.1) is 11.3 Å². The van der Waals surface area contributed by atoms with Gasteiger partial charge in [0, 0.05) is 26.2 Å². The fourth-order valence-corrected chi connectivity index (χ4v) is 4.77. The number of hydrogen-bond donors (Lipinski definition) is 0. The maximum Gasteiger partial charge on any atom is 0.173 e. The minimum Gasteiger partial charge on any atom is -0.378 e. The Morgan fingerprint density at radius 3 is 2.16 bits per heavy atom. The van der Waals surface area contributed by atoms with Crippen molar-refractivity contribution in [3.8, 4) is 6.07 Å². The number of unbranched alkanes of at least 4 members (excludes halogenated alkanes) is 11. The SMILES string of the molecule is CCCCCCCCCCCCCCC(=O)/C(C#N)=C/c1nc2ccc(N(C)C)cc2s1. The second-order valence-electron chi connectivity index (χ2n) is 8.83. The summed E-state index contributed by atoms with van der Waals surface area (Å²) in [7, 11) is 4.01. The number of fused-ring (bicyclic) bond motifs is 1. The highest BCUT2D eigenvalue weighted by Gasteiger charge is 2.11. The minimum absolute atomic E-state index is 0.0622. The molecule has 0 spiro atoms. The summed E-state index contributed by atoms with van der Waals surface area (Å²) in [6.07, 6.45) is 17.3. The number of carbonyl (C=O) groups excluding carboxylic acids is 1. The number of benzene rings is 1. The first-order valence-corrected chi connectivity index (χ1v) is 13.1. The van der Waals surface area contributed by atoms with Crippen molar-refractivity contribution in [2.45, 2.75) is 90.4 Å². The number of carbonyl (C=O) groups is 1. The van der Waals surface area contributed by atoms with Crippen LogP contribution < -0.4 is 4.90 Å². The van der Waals surface area contributed by atoms with Crippen molar-refractivity contribution in [1.29, 1.82) is 5.26 Å². The van der Waals surface area contributed by atoms with Crippen LogP contribution in [0.25, 0.3) is 16.3 Å². The van der Waals surface area contributed by atoms with Crippen molar-refractivity contribution in [3.05, 3.63) is 28.8 Å². The van der Waals surface area contributed by atoms with Crippen LogP contribution in [0.5, 0.6) is 0 Å². The van der Waals surface area contributed by atoms with E-state index in [-0.39, 0.29) is 11.4 Å². The molecule has 0 saturated heterocycles. The molecule has 0 bridgehead atoms. The number of hydrogen-bond acceptors (Lipinski definition) is 5. The number of allylic oxidation sites excluding steroid dienone is 1. The van der Waals surface area contributed by atoms with Crippen LogP contribution in [-0.2, 0) is 4.79 Å². The van der Waals surface area contributed by atoms with E-state index in [1.165, 1.54) is 75.5 Å². The van der Waals surface area contributed by atoms with Crippen molar-refractivity contribution < 1.29 is 4.79 Å². The lowest BCUT2D eigenvalue weighted by molar-refractivity contribution is -0.115. The zero-order valence-corrected chi connectivity index (χ0v) is 21.0. The molecule has 0 saturated carbocycles. The van der Waals surface area contributed by atoms with Crippen LogP contribution in [-0.4, -0.2) is 24.9 Å². The summed E-state index contributed by atoms with van der Waals surface area (Å²) in [5.41, 5.74) is 2.23. The van der Waals surface area contributed by atoms with Crippen LogP contribution >= 0.6 is 11.3 Å². The van der Waals surface area contributed by atoms with Gasteiger partial charge < -0.3 is 4.90 Å². The predicted octanol–water partition coefficient (Wildman–Crippen LogP) is 7.93. The van der Waals surface area contributed by atoms with Crippen molar-refractivity contribution in [2.75, 3.05) is 19.0 Å². The molecular formula is C27H39N3OS. The molecule has 0 aliphatic rings. The molecule has 0 N–H and O–H groups in total. The van der Waals surface area contributed by atoms with Gasteiger partial charge in [0.1, 0.15) is 11.1 Å². The van der Waals surface area contributed by atoms with Crippen molar-refractivity contribution in [3.63, 3.8) is 0 Å². The molecule has 0 atom stereocenters. The Bertz CT molecular complexity index is 907. The van der Waals surface area contributed by atoms with Gasteiger partial charge in [-0.05, 0) is 30.7 Å². The Kier molecular flexibility index (Phi) is 12.0. The first-order valence-electron chi connectivity index (χ1n) is 12.3. The smallest absolute Gasteiger partial charge is 0.173 e. The highest BCUT2D eigenvalue weighted by atomic mass is 32.1. The molecule has 0 amide bonds. The third-order valence-electron chi connectivity index (χ3n) is 5.85. The number of aromatic nitrogens is 1. The van der Waals surface area contributed by atoms with Gasteiger partial charge in [-0.3, -0.25) is 4.79 Å². The second-order valence-corrected chi connectivity index (χ2v) is 9.89. The topological polar surface area (TPSA) is 57.0 Å². The van der Waals surface area contributed by atoms with Gasteiger partial charge in [0.2, 0.25) is 0 Å². The van der Waals surface area contributed by atoms with Gasteiger partial charge in [-0.1, -0.05) is 77.6 Å². The number of thiazole rings is 1. The van der Waals surface area contributed by atoms with Gasteiger partial charge in [0.05, 0.1) is 15.8 Å². The van der Waals surface area contributed by atoms with E-state index in [2.05, 4.69) is 24.0 Å². The van der Waals surface area contributed by atoms with Crippen LogP contribution in [0.1, 0.15) is 95.4 Å². The maximum absolute atomic E-state index is 12.5. The molecule has 1 heterocycles. The molecule has 32 heavy (non-hydrogen) atoms. The number of rotatable bonds is 16. The van der Waals surface area contributed by atoms with E-state index in [4.69, 9.17) is 0 Å². The summed E-state index contributed by atoms with van der Waals surface area (Å²) < 4.78 is 1.06. The monoisotopic (exact) mass is 453 g/mol. The highest BCUT2D eigenvalue weighted by molar-refractivity contribution is 7.19. The Morgan fingerprint density at radius 2 is 1.59 bits per heavy atom. The molecular weight excluding hydrogens is 414 g/mol. The lowest BCUT2D eigenvalue weighted by atomic mass is 10.0. The average molecular weight is 454 g/mol. The van der Waals surface area contributed by atoms with Gasteiger partial charge >= 0.3 is 0 Å². The number of ketones is 1. The molecule has 2 rings (SSSR count). The predicted molar refractivity (Wildman–Crippen MR) is 138 cm³/mol. The summed E-state index contributed by atoms with van der Waals surface area (Å²) in [5, 5.41) is 10.2. The molecule has 1 aromatic carbocycles. The zero-order valence-electron chi connectivity index (χ0n) is 20.2. The average Bonchev–Trinajstić information content (AvgIpc) is 3.19. The Morgan fingerprint density at radius 1 is 1.00 bits per heavy atom. The molecule has 0 unspecified atom stereocenters. The van der Waals surface area contributed by atoms with Gasteiger partial charge in [-0.2, -0.15) is 5.26 Å². The van der Waals surface area contributed by atoms with Gasteiger partial charge in [-0.25, -0.2) is 4.98 Å². The molecule has 0 radical (unpaired) electrons. The van der Waals surface area contributed by atoms with Crippen molar-refractivity contribution in [1.82, 2.24) is 4.98 Å². The number of nitrogens with zero attached hydrogens (tertiary/aromatic N) is 3. The molecule has 0 aliphatic carbocycles. The lowest BCUT2D eigenvalue weighted by Crippen LogP contribution is -2.07. The number of Topliss-reactive ketones (excluding diaryl/α,β-unsaturated/α-hetero) is 1. The Hall–Kier alpha value is -2.19. The first kappa shape index (κ1) is 26.1. The molecule has 174 valence electrons. The second kappa shape index (κ2) is 14.8. The molecule has 0 aliphatic heterocycles. The van der Waals surface area contributed by atoms with Crippen LogP contribution in [0.4, 0.5) is 5.69 Å². The standard InChI is InChI=1S/C27H39N3OS/c1-4-5-6-7-8-9-10-11-12-13-14-15-16-25(31)22(21-28)19-27-29-24-18-17-23(30(2)3)20-26(24)32-27/h17-20H,4-16H2,1-3H3/b22-19+. The molecule has 4 nitrogen and oxygen atoms in total. The molecule has 5 heteroatoms. The molecule has 2 aromatic rings. The minimum atomic E-state index is -0.0622. The fraction of sp³-hybridized carbons (Fsp3) is 0.593. The lowest BCUT2D eigenvalue weighted by Gasteiger charge is -2.11. The van der Waals surface area contributed by atoms with Crippen LogP contribution in [0.3, 0.4) is 0 Å². The fourth-order valence-electron chi connectivity index (χ4n) is 3.83. The Labute approximate surface area is 198 Å². The summed E-state index contributed by atoms with van der Waals surface area (Å²) in [6, 6.07) is 8.19. The highest BCUT2D eigenvalue weighted by Crippen LogP contribution is 2.28. The third-order valence-corrected chi connectivity index (χ3v) is 6.82. The molecule has 0 fully saturated rings. The van der Waals surface area contributed by atoms with Gasteiger partial charge in [0.15, 0.2) is 5.78 Å². The van der Waals surface area contributed by atoms with Gasteiger partial charge in [0.25, 0.3) is 0 Å². The van der Waals surface area contributed by atoms with Crippen molar-refractivity contribution >= 4 is 39.1 Å². The third kappa shape index (κ3) is 9.12. The van der Waals surface area contributed by atoms with Crippen molar-refractivity contribution in [2.24, 2.45) is 0 Å². The van der Waals surface area contributed by atoms with E-state index >= 15 is 0 Å². The largest absolute Gasteiger partial charge is 0.378 e. The van der Waals surface area contributed by atoms with E-state index in [0.29, 0.717) is 6.42 Å². The summed E-state index contributed by atoms with van der Waals surface area (Å²) >= 11 is 1.52.